The van der Waals surface area contributed by atoms with Gasteiger partial charge in [-0.1, -0.05) is 31.3 Å². The van der Waals surface area contributed by atoms with Gasteiger partial charge in [0.25, 0.3) is 5.91 Å². The van der Waals surface area contributed by atoms with Gasteiger partial charge in [-0.05, 0) is 45.4 Å². The molecule has 0 aliphatic heterocycles. The number of allylic oxidation sites excluding steroid dienone is 1. The van der Waals surface area contributed by atoms with Crippen LogP contribution in [0.15, 0.2) is 11.6 Å². The van der Waals surface area contributed by atoms with Crippen molar-refractivity contribution < 1.29 is 14.3 Å². The SMILES string of the molecule is C[C@H](OC(=O)C=C1CCCCC1)C(=O)N(C)C1CCCCC1. The molecule has 2 aliphatic carbocycles. The Morgan fingerprint density at radius 3 is 2.32 bits per heavy atom. The summed E-state index contributed by atoms with van der Waals surface area (Å²) in [5.41, 5.74) is 1.16. The van der Waals surface area contributed by atoms with Gasteiger partial charge in [-0.2, -0.15) is 0 Å². The van der Waals surface area contributed by atoms with Gasteiger partial charge in [-0.15, -0.1) is 0 Å². The second-order valence-corrected chi connectivity index (χ2v) is 6.68. The lowest BCUT2D eigenvalue weighted by molar-refractivity contribution is -0.156. The highest BCUT2D eigenvalue weighted by Gasteiger charge is 2.27. The molecule has 4 nitrogen and oxygen atoms in total. The number of amides is 1. The molecule has 1 atom stereocenters. The van der Waals surface area contributed by atoms with Crippen LogP contribution in [0.4, 0.5) is 0 Å². The smallest absolute Gasteiger partial charge is 0.331 e. The van der Waals surface area contributed by atoms with E-state index in [9.17, 15) is 9.59 Å². The predicted octanol–water partition coefficient (Wildman–Crippen LogP) is 3.60. The van der Waals surface area contributed by atoms with Crippen molar-refractivity contribution in [1.29, 1.82) is 0 Å². The third-order valence-corrected chi connectivity index (χ3v) is 4.93. The van der Waals surface area contributed by atoms with Gasteiger partial charge in [0.15, 0.2) is 6.10 Å². The Morgan fingerprint density at radius 1 is 1.09 bits per heavy atom. The molecule has 0 unspecified atom stereocenters. The Balaban J connectivity index is 1.83. The van der Waals surface area contributed by atoms with Crippen LogP contribution in [0.1, 0.15) is 71.1 Å². The molecule has 124 valence electrons. The molecule has 0 N–H and O–H groups in total. The standard InChI is InChI=1S/C18H29NO3/c1-14(18(21)19(2)16-11-7-4-8-12-16)22-17(20)13-15-9-5-3-6-10-15/h13-14,16H,3-12H2,1-2H3/t14-/m0/s1. The maximum absolute atomic E-state index is 12.4. The normalized spacial score (nSPS) is 21.1. The molecule has 1 amide bonds. The summed E-state index contributed by atoms with van der Waals surface area (Å²) in [6.07, 6.45) is 12.2. The van der Waals surface area contributed by atoms with Crippen molar-refractivity contribution in [2.45, 2.75) is 83.3 Å². The molecule has 0 radical (unpaired) electrons. The average Bonchev–Trinajstić information content (AvgIpc) is 2.55. The Bertz CT molecular complexity index is 416. The monoisotopic (exact) mass is 307 g/mol. The summed E-state index contributed by atoms with van der Waals surface area (Å²) < 4.78 is 5.32. The molecule has 4 heteroatoms. The number of rotatable bonds is 4. The van der Waals surface area contributed by atoms with Crippen LogP contribution in [0.3, 0.4) is 0 Å². The van der Waals surface area contributed by atoms with E-state index in [0.29, 0.717) is 6.04 Å². The maximum Gasteiger partial charge on any atom is 0.331 e. The van der Waals surface area contributed by atoms with Crippen LogP contribution in [0.25, 0.3) is 0 Å². The zero-order valence-electron chi connectivity index (χ0n) is 14.0. The van der Waals surface area contributed by atoms with Gasteiger partial charge < -0.3 is 9.64 Å². The number of esters is 1. The summed E-state index contributed by atoms with van der Waals surface area (Å²) in [5.74, 6) is -0.447. The minimum Gasteiger partial charge on any atom is -0.449 e. The van der Waals surface area contributed by atoms with Crippen molar-refractivity contribution >= 4 is 11.9 Å². The summed E-state index contributed by atoms with van der Waals surface area (Å²) in [6, 6.07) is 0.305. The van der Waals surface area contributed by atoms with Crippen LogP contribution < -0.4 is 0 Å². The second kappa shape index (κ2) is 8.35. The first kappa shape index (κ1) is 17.0. The minimum atomic E-state index is -0.695. The molecule has 2 saturated carbocycles. The molecule has 0 spiro atoms. The summed E-state index contributed by atoms with van der Waals surface area (Å²) >= 11 is 0. The number of ether oxygens (including phenoxy) is 1. The van der Waals surface area contributed by atoms with Crippen LogP contribution in [-0.4, -0.2) is 36.0 Å². The highest BCUT2D eigenvalue weighted by Crippen LogP contribution is 2.24. The Labute approximate surface area is 133 Å². The highest BCUT2D eigenvalue weighted by atomic mass is 16.5. The van der Waals surface area contributed by atoms with E-state index in [1.165, 1.54) is 25.7 Å². The van der Waals surface area contributed by atoms with Crippen LogP contribution in [0.5, 0.6) is 0 Å². The fourth-order valence-corrected chi connectivity index (χ4v) is 3.51. The van der Waals surface area contributed by atoms with Crippen molar-refractivity contribution in [1.82, 2.24) is 4.90 Å². The molecule has 0 bridgehead atoms. The lowest BCUT2D eigenvalue weighted by Crippen LogP contribution is -2.44. The lowest BCUT2D eigenvalue weighted by atomic mass is 9.94. The Morgan fingerprint density at radius 2 is 1.68 bits per heavy atom. The Kier molecular flexibility index (Phi) is 6.47. The first-order valence-electron chi connectivity index (χ1n) is 8.74. The van der Waals surface area contributed by atoms with Crippen molar-refractivity contribution in [2.24, 2.45) is 0 Å². The van der Waals surface area contributed by atoms with Crippen molar-refractivity contribution in [3.63, 3.8) is 0 Å². The second-order valence-electron chi connectivity index (χ2n) is 6.68. The van der Waals surface area contributed by atoms with Gasteiger partial charge in [0, 0.05) is 19.2 Å². The molecule has 0 saturated heterocycles. The molecule has 2 aliphatic rings. The van der Waals surface area contributed by atoms with Gasteiger partial charge in [0.2, 0.25) is 0 Å². The van der Waals surface area contributed by atoms with Crippen LogP contribution in [0.2, 0.25) is 0 Å². The van der Waals surface area contributed by atoms with Crippen LogP contribution in [0, 0.1) is 0 Å². The quantitative estimate of drug-likeness (QED) is 0.589. The fraction of sp³-hybridized carbons (Fsp3) is 0.778. The molecule has 2 rings (SSSR count). The number of carbonyl (C=O) groups is 2. The van der Waals surface area contributed by atoms with Crippen LogP contribution in [-0.2, 0) is 14.3 Å². The Hall–Kier alpha value is -1.32. The fourth-order valence-electron chi connectivity index (χ4n) is 3.51. The zero-order chi connectivity index (χ0) is 15.9. The largest absolute Gasteiger partial charge is 0.449 e. The third-order valence-electron chi connectivity index (χ3n) is 4.93. The molecular formula is C18H29NO3. The van der Waals surface area contributed by atoms with E-state index in [2.05, 4.69) is 0 Å². The molecule has 22 heavy (non-hydrogen) atoms. The number of nitrogens with zero attached hydrogens (tertiary/aromatic N) is 1. The van der Waals surface area contributed by atoms with Crippen molar-refractivity contribution in [3.05, 3.63) is 11.6 Å². The number of hydrogen-bond acceptors (Lipinski definition) is 3. The van der Waals surface area contributed by atoms with Gasteiger partial charge in [-0.3, -0.25) is 4.79 Å². The first-order valence-corrected chi connectivity index (χ1v) is 8.74. The van der Waals surface area contributed by atoms with Crippen LogP contribution >= 0.6 is 0 Å². The van der Waals surface area contributed by atoms with E-state index in [4.69, 9.17) is 4.74 Å². The zero-order valence-corrected chi connectivity index (χ0v) is 14.0. The average molecular weight is 307 g/mol. The number of likely N-dealkylation sites (N-methyl/N-ethyl adjacent to an activating group) is 1. The minimum absolute atomic E-state index is 0.0812. The highest BCUT2D eigenvalue weighted by molar-refractivity contribution is 5.87. The first-order chi connectivity index (χ1) is 10.6. The predicted molar refractivity (Wildman–Crippen MR) is 86.4 cm³/mol. The van der Waals surface area contributed by atoms with Gasteiger partial charge in [0.05, 0.1) is 0 Å². The summed E-state index contributed by atoms with van der Waals surface area (Å²) in [4.78, 5) is 26.1. The summed E-state index contributed by atoms with van der Waals surface area (Å²) in [7, 11) is 1.84. The third kappa shape index (κ3) is 4.85. The van der Waals surface area contributed by atoms with Crippen molar-refractivity contribution in [3.8, 4) is 0 Å². The summed E-state index contributed by atoms with van der Waals surface area (Å²) in [6.45, 7) is 1.68. The van der Waals surface area contributed by atoms with Gasteiger partial charge in [0.1, 0.15) is 0 Å². The number of hydrogen-bond donors (Lipinski definition) is 0. The molecule has 0 aromatic heterocycles. The molecule has 2 fully saturated rings. The van der Waals surface area contributed by atoms with E-state index in [1.807, 2.05) is 7.05 Å². The molecule has 0 aromatic rings. The number of carbonyl (C=O) groups excluding carboxylic acids is 2. The summed E-state index contributed by atoms with van der Waals surface area (Å²) in [5, 5.41) is 0. The van der Waals surface area contributed by atoms with E-state index in [1.54, 1.807) is 17.9 Å². The molecule has 0 heterocycles. The van der Waals surface area contributed by atoms with Gasteiger partial charge >= 0.3 is 5.97 Å². The lowest BCUT2D eigenvalue weighted by Gasteiger charge is -2.32. The van der Waals surface area contributed by atoms with E-state index < -0.39 is 6.10 Å². The van der Waals surface area contributed by atoms with E-state index >= 15 is 0 Å². The van der Waals surface area contributed by atoms with Gasteiger partial charge in [-0.25, -0.2) is 4.79 Å². The topological polar surface area (TPSA) is 46.6 Å². The maximum atomic E-state index is 12.4. The molecule has 0 aromatic carbocycles. The van der Waals surface area contributed by atoms with Crippen molar-refractivity contribution in [2.75, 3.05) is 7.05 Å². The van der Waals surface area contributed by atoms with E-state index in [0.717, 1.165) is 44.1 Å². The molecular weight excluding hydrogens is 278 g/mol. The van der Waals surface area contributed by atoms with E-state index in [-0.39, 0.29) is 11.9 Å².